The highest BCUT2D eigenvalue weighted by Gasteiger charge is 2.14. The van der Waals surface area contributed by atoms with E-state index in [0.717, 1.165) is 12.8 Å². The van der Waals surface area contributed by atoms with E-state index in [1.165, 1.54) is 7.11 Å². The molecule has 2 aromatic heterocycles. The van der Waals surface area contributed by atoms with Crippen LogP contribution in [-0.4, -0.2) is 29.0 Å². The summed E-state index contributed by atoms with van der Waals surface area (Å²) >= 11 is 5.96. The van der Waals surface area contributed by atoms with E-state index in [2.05, 4.69) is 20.0 Å². The Hall–Kier alpha value is -2.21. The van der Waals surface area contributed by atoms with Gasteiger partial charge in [0, 0.05) is 11.8 Å². The van der Waals surface area contributed by atoms with Crippen LogP contribution >= 0.6 is 11.6 Å². The first-order chi connectivity index (χ1) is 10.5. The number of aromatic nitrogens is 2. The van der Waals surface area contributed by atoms with Gasteiger partial charge in [0.05, 0.1) is 12.7 Å². The van der Waals surface area contributed by atoms with Crippen molar-refractivity contribution in [1.29, 1.82) is 0 Å². The summed E-state index contributed by atoms with van der Waals surface area (Å²) < 4.78 is 4.64. The first-order valence-electron chi connectivity index (χ1n) is 6.90. The number of unbranched alkanes of at least 4 members (excludes halogenated alkanes) is 1. The van der Waals surface area contributed by atoms with Gasteiger partial charge in [-0.15, -0.1) is 0 Å². The number of halogens is 1. The molecule has 0 atom stereocenters. The number of methoxy groups -OCH3 is 1. The number of anilines is 1. The maximum Gasteiger partial charge on any atom is 0.341 e. The Balaban J connectivity index is 2.28. The van der Waals surface area contributed by atoms with Gasteiger partial charge in [-0.1, -0.05) is 24.9 Å². The van der Waals surface area contributed by atoms with Crippen molar-refractivity contribution in [2.75, 3.05) is 12.4 Å². The number of hydrogen-bond donors (Lipinski definition) is 1. The van der Waals surface area contributed by atoms with Crippen LogP contribution in [0.15, 0.2) is 18.2 Å². The van der Waals surface area contributed by atoms with E-state index < -0.39 is 5.97 Å². The molecule has 0 bridgehead atoms. The number of pyridine rings is 2. The van der Waals surface area contributed by atoms with E-state index in [-0.39, 0.29) is 16.6 Å². The molecule has 0 aromatic carbocycles. The van der Waals surface area contributed by atoms with Crippen LogP contribution in [0.25, 0.3) is 11.0 Å². The fourth-order valence-corrected chi connectivity index (χ4v) is 2.11. The van der Waals surface area contributed by atoms with Gasteiger partial charge in [-0.3, -0.25) is 4.79 Å². The zero-order valence-electron chi connectivity index (χ0n) is 12.4. The van der Waals surface area contributed by atoms with Crippen LogP contribution in [0.4, 0.5) is 5.82 Å². The van der Waals surface area contributed by atoms with E-state index in [0.29, 0.717) is 23.3 Å². The van der Waals surface area contributed by atoms with E-state index in [1.807, 2.05) is 6.92 Å². The highest BCUT2D eigenvalue weighted by atomic mass is 35.5. The minimum Gasteiger partial charge on any atom is -0.465 e. The molecule has 0 aliphatic heterocycles. The minimum atomic E-state index is -0.559. The topological polar surface area (TPSA) is 81.2 Å². The van der Waals surface area contributed by atoms with Gasteiger partial charge in [-0.05, 0) is 24.6 Å². The molecule has 1 amide bonds. The van der Waals surface area contributed by atoms with Gasteiger partial charge >= 0.3 is 5.97 Å². The third-order valence-electron chi connectivity index (χ3n) is 3.06. The Labute approximate surface area is 132 Å². The first-order valence-corrected chi connectivity index (χ1v) is 7.28. The number of rotatable bonds is 5. The molecule has 116 valence electrons. The molecule has 0 saturated carbocycles. The molecule has 0 unspecified atom stereocenters. The fourth-order valence-electron chi connectivity index (χ4n) is 1.90. The lowest BCUT2D eigenvalue weighted by Gasteiger charge is -2.07. The molecular weight excluding hydrogens is 306 g/mol. The van der Waals surface area contributed by atoms with Crippen LogP contribution in [0, 0.1) is 0 Å². The van der Waals surface area contributed by atoms with Crippen LogP contribution in [0.3, 0.4) is 0 Å². The number of carbonyl (C=O) groups excluding carboxylic acids is 2. The molecule has 0 saturated heterocycles. The standard InChI is InChI=1S/C15H16ClN3O3/c1-3-4-5-12(20)17-11-7-6-9-8-10(15(21)22-2)13(16)19-14(9)18-11/h6-8H,3-5H2,1-2H3,(H,17,18,19,20). The molecule has 2 heterocycles. The Morgan fingerprint density at radius 3 is 2.77 bits per heavy atom. The molecule has 0 radical (unpaired) electrons. The molecular formula is C15H16ClN3O3. The highest BCUT2D eigenvalue weighted by molar-refractivity contribution is 6.32. The second-order valence-electron chi connectivity index (χ2n) is 4.71. The largest absolute Gasteiger partial charge is 0.465 e. The average Bonchev–Trinajstić information content (AvgIpc) is 2.51. The smallest absolute Gasteiger partial charge is 0.341 e. The van der Waals surface area contributed by atoms with Gasteiger partial charge in [0.25, 0.3) is 0 Å². The number of fused-ring (bicyclic) bond motifs is 1. The van der Waals surface area contributed by atoms with Gasteiger partial charge in [0.1, 0.15) is 11.0 Å². The van der Waals surface area contributed by atoms with Crippen molar-refractivity contribution >= 4 is 40.3 Å². The number of carbonyl (C=O) groups is 2. The summed E-state index contributed by atoms with van der Waals surface area (Å²) in [6, 6.07) is 4.93. The predicted molar refractivity (Wildman–Crippen MR) is 84.0 cm³/mol. The maximum absolute atomic E-state index is 11.7. The molecule has 2 aromatic rings. The fraction of sp³-hybridized carbons (Fsp3) is 0.333. The predicted octanol–water partition coefficient (Wildman–Crippen LogP) is 3.20. The van der Waals surface area contributed by atoms with E-state index in [1.54, 1.807) is 18.2 Å². The van der Waals surface area contributed by atoms with Crippen LogP contribution < -0.4 is 5.32 Å². The Morgan fingerprint density at radius 1 is 1.32 bits per heavy atom. The van der Waals surface area contributed by atoms with Gasteiger partial charge < -0.3 is 10.1 Å². The average molecular weight is 322 g/mol. The summed E-state index contributed by atoms with van der Waals surface area (Å²) in [6.45, 7) is 2.02. The molecule has 2 rings (SSSR count). The summed E-state index contributed by atoms with van der Waals surface area (Å²) in [4.78, 5) is 31.6. The normalized spacial score (nSPS) is 10.5. The molecule has 7 heteroatoms. The van der Waals surface area contributed by atoms with E-state index in [9.17, 15) is 9.59 Å². The van der Waals surface area contributed by atoms with Crippen molar-refractivity contribution < 1.29 is 14.3 Å². The zero-order chi connectivity index (χ0) is 16.1. The minimum absolute atomic E-state index is 0.0151. The lowest BCUT2D eigenvalue weighted by molar-refractivity contribution is -0.116. The van der Waals surface area contributed by atoms with Gasteiger partial charge in [0.2, 0.25) is 5.91 Å². The van der Waals surface area contributed by atoms with Gasteiger partial charge in [-0.25, -0.2) is 14.8 Å². The molecule has 0 fully saturated rings. The summed E-state index contributed by atoms with van der Waals surface area (Å²) in [6.07, 6.45) is 2.23. The van der Waals surface area contributed by atoms with Crippen molar-refractivity contribution in [2.45, 2.75) is 26.2 Å². The number of hydrogen-bond acceptors (Lipinski definition) is 5. The first kappa shape index (κ1) is 16.2. The van der Waals surface area contributed by atoms with Crippen molar-refractivity contribution in [3.63, 3.8) is 0 Å². The van der Waals surface area contributed by atoms with Gasteiger partial charge in [0.15, 0.2) is 5.65 Å². The Kier molecular flexibility index (Phi) is 5.27. The molecule has 0 aliphatic rings. The molecule has 22 heavy (non-hydrogen) atoms. The van der Waals surface area contributed by atoms with E-state index in [4.69, 9.17) is 11.6 Å². The summed E-state index contributed by atoms with van der Waals surface area (Å²) in [5.74, 6) is -0.245. The van der Waals surface area contributed by atoms with Crippen LogP contribution in [0.2, 0.25) is 5.15 Å². The zero-order valence-corrected chi connectivity index (χ0v) is 13.1. The second-order valence-corrected chi connectivity index (χ2v) is 5.07. The van der Waals surface area contributed by atoms with Crippen LogP contribution in [0.5, 0.6) is 0 Å². The molecule has 0 aliphatic carbocycles. The van der Waals surface area contributed by atoms with Gasteiger partial charge in [-0.2, -0.15) is 0 Å². The third kappa shape index (κ3) is 3.71. The quantitative estimate of drug-likeness (QED) is 0.675. The number of nitrogens with one attached hydrogen (secondary N) is 1. The number of ether oxygens (including phenoxy) is 1. The lowest BCUT2D eigenvalue weighted by Crippen LogP contribution is -2.12. The van der Waals surface area contributed by atoms with Crippen LogP contribution in [0.1, 0.15) is 36.5 Å². The number of esters is 1. The van der Waals surface area contributed by atoms with Crippen molar-refractivity contribution in [1.82, 2.24) is 9.97 Å². The SMILES string of the molecule is CCCCC(=O)Nc1ccc2cc(C(=O)OC)c(Cl)nc2n1. The second kappa shape index (κ2) is 7.17. The summed E-state index contributed by atoms with van der Waals surface area (Å²) in [7, 11) is 1.27. The Bertz CT molecular complexity index is 718. The third-order valence-corrected chi connectivity index (χ3v) is 3.35. The highest BCUT2D eigenvalue weighted by Crippen LogP contribution is 2.21. The number of nitrogens with zero attached hydrogens (tertiary/aromatic N) is 2. The van der Waals surface area contributed by atoms with Crippen molar-refractivity contribution in [2.24, 2.45) is 0 Å². The molecule has 0 spiro atoms. The Morgan fingerprint density at radius 2 is 2.09 bits per heavy atom. The monoisotopic (exact) mass is 321 g/mol. The molecule has 1 N–H and O–H groups in total. The van der Waals surface area contributed by atoms with Crippen molar-refractivity contribution in [3.8, 4) is 0 Å². The maximum atomic E-state index is 11.7. The van der Waals surface area contributed by atoms with E-state index >= 15 is 0 Å². The summed E-state index contributed by atoms with van der Waals surface area (Å²) in [5, 5.41) is 3.36. The van der Waals surface area contributed by atoms with Crippen molar-refractivity contribution in [3.05, 3.63) is 28.9 Å². The number of amides is 1. The lowest BCUT2D eigenvalue weighted by atomic mass is 10.2. The molecule has 6 nitrogen and oxygen atoms in total. The summed E-state index contributed by atoms with van der Waals surface area (Å²) in [5.41, 5.74) is 0.532. The van der Waals surface area contributed by atoms with Crippen LogP contribution in [-0.2, 0) is 9.53 Å².